The van der Waals surface area contributed by atoms with E-state index in [-0.39, 0.29) is 18.2 Å². The quantitative estimate of drug-likeness (QED) is 0.829. The van der Waals surface area contributed by atoms with E-state index >= 15 is 0 Å². The van der Waals surface area contributed by atoms with Crippen molar-refractivity contribution in [1.29, 1.82) is 0 Å². The summed E-state index contributed by atoms with van der Waals surface area (Å²) in [7, 11) is 2.26. The zero-order valence-corrected chi connectivity index (χ0v) is 11.7. The fourth-order valence-corrected chi connectivity index (χ4v) is 1.54. The number of nitrogens with two attached hydrogens (primary N) is 1. The van der Waals surface area contributed by atoms with E-state index in [4.69, 9.17) is 10.5 Å². The molecule has 0 radical (unpaired) electrons. The Morgan fingerprint density at radius 1 is 1.10 bits per heavy atom. The largest absolute Gasteiger partial charge is 0.507 e. The molecular formula is C11H13ClF5NO3. The monoisotopic (exact) mass is 337 g/mol. The second-order valence-electron chi connectivity index (χ2n) is 3.86. The van der Waals surface area contributed by atoms with Crippen molar-refractivity contribution in [3.05, 3.63) is 17.7 Å². The van der Waals surface area contributed by atoms with Crippen molar-refractivity contribution in [3.63, 3.8) is 0 Å². The second-order valence-corrected chi connectivity index (χ2v) is 3.86. The third-order valence-corrected chi connectivity index (χ3v) is 2.63. The number of halogens is 6. The van der Waals surface area contributed by atoms with Gasteiger partial charge in [-0.1, -0.05) is 0 Å². The average Bonchev–Trinajstić information content (AvgIpc) is 2.35. The summed E-state index contributed by atoms with van der Waals surface area (Å²) in [5.41, 5.74) is 4.13. The van der Waals surface area contributed by atoms with Crippen molar-refractivity contribution in [3.8, 4) is 17.2 Å². The van der Waals surface area contributed by atoms with Crippen LogP contribution in [0, 0.1) is 0 Å². The molecule has 0 saturated carbocycles. The molecule has 1 aromatic rings. The topological polar surface area (TPSA) is 64.7 Å². The van der Waals surface area contributed by atoms with Crippen LogP contribution in [0.5, 0.6) is 17.2 Å². The molecule has 1 aromatic carbocycles. The lowest BCUT2D eigenvalue weighted by atomic mass is 9.98. The Bertz CT molecular complexity index is 495. The van der Waals surface area contributed by atoms with E-state index in [1.807, 2.05) is 0 Å². The zero-order valence-electron chi connectivity index (χ0n) is 10.9. The van der Waals surface area contributed by atoms with Gasteiger partial charge in [0.1, 0.15) is 23.3 Å². The first kappa shape index (κ1) is 19.5. The van der Waals surface area contributed by atoms with Gasteiger partial charge in [-0.15, -0.1) is 12.4 Å². The van der Waals surface area contributed by atoms with Crippen molar-refractivity contribution in [2.24, 2.45) is 5.73 Å². The van der Waals surface area contributed by atoms with Crippen LogP contribution in [-0.4, -0.2) is 31.4 Å². The van der Waals surface area contributed by atoms with Crippen LogP contribution >= 0.6 is 12.4 Å². The summed E-state index contributed by atoms with van der Waals surface area (Å²) >= 11 is 0. The Kier molecular flexibility index (Phi) is 6.06. The Hall–Kier alpha value is -1.48. The lowest BCUT2D eigenvalue weighted by Gasteiger charge is -2.27. The first-order valence-corrected chi connectivity index (χ1v) is 5.21. The lowest BCUT2D eigenvalue weighted by molar-refractivity contribution is -0.291. The van der Waals surface area contributed by atoms with Crippen LogP contribution in [0.4, 0.5) is 22.0 Å². The highest BCUT2D eigenvalue weighted by Crippen LogP contribution is 2.48. The smallest absolute Gasteiger partial charge is 0.455 e. The molecule has 0 aromatic heterocycles. The summed E-state index contributed by atoms with van der Waals surface area (Å²) in [5, 5.41) is 9.59. The molecule has 10 heteroatoms. The highest BCUT2D eigenvalue weighted by molar-refractivity contribution is 5.85. The Morgan fingerprint density at radius 3 is 2.00 bits per heavy atom. The van der Waals surface area contributed by atoms with Crippen LogP contribution in [0.3, 0.4) is 0 Å². The van der Waals surface area contributed by atoms with Gasteiger partial charge in [-0.3, -0.25) is 0 Å². The summed E-state index contributed by atoms with van der Waals surface area (Å²) in [5.74, 6) is -6.52. The van der Waals surface area contributed by atoms with Crippen LogP contribution in [0.25, 0.3) is 0 Å². The molecular weight excluding hydrogens is 325 g/mol. The van der Waals surface area contributed by atoms with E-state index < -0.39 is 35.2 Å². The molecule has 1 atom stereocenters. The molecule has 0 saturated heterocycles. The third kappa shape index (κ3) is 3.59. The molecule has 122 valence electrons. The summed E-state index contributed by atoms with van der Waals surface area (Å²) in [6.07, 6.45) is -5.86. The molecule has 0 aliphatic rings. The number of rotatable bonds is 4. The summed E-state index contributed by atoms with van der Waals surface area (Å²) in [4.78, 5) is 0. The molecule has 4 nitrogen and oxygen atoms in total. The minimum atomic E-state index is -5.86. The maximum atomic E-state index is 13.2. The van der Waals surface area contributed by atoms with Crippen LogP contribution in [0.1, 0.15) is 11.6 Å². The fraction of sp³-hybridized carbons (Fsp3) is 0.455. The number of phenolic OH excluding ortho intramolecular Hbond substituents is 1. The van der Waals surface area contributed by atoms with E-state index in [1.165, 1.54) is 7.11 Å². The van der Waals surface area contributed by atoms with Gasteiger partial charge in [0.05, 0.1) is 19.8 Å². The number of benzene rings is 1. The van der Waals surface area contributed by atoms with E-state index in [1.54, 1.807) is 0 Å². The van der Waals surface area contributed by atoms with Gasteiger partial charge in [0.15, 0.2) is 0 Å². The highest BCUT2D eigenvalue weighted by Gasteiger charge is 2.62. The predicted octanol–water partition coefficient (Wildman–Crippen LogP) is 3.03. The molecule has 3 N–H and O–H groups in total. The summed E-state index contributed by atoms with van der Waals surface area (Å²) < 4.78 is 72.8. The third-order valence-electron chi connectivity index (χ3n) is 2.63. The molecule has 0 heterocycles. The molecule has 0 amide bonds. The Morgan fingerprint density at radius 2 is 1.62 bits per heavy atom. The van der Waals surface area contributed by atoms with Gasteiger partial charge in [-0.2, -0.15) is 22.0 Å². The summed E-state index contributed by atoms with van der Waals surface area (Å²) in [6, 6.07) is -0.908. The normalized spacial score (nSPS) is 13.3. The number of aromatic hydroxyl groups is 1. The molecule has 0 aliphatic carbocycles. The number of hydrogen-bond acceptors (Lipinski definition) is 4. The van der Waals surface area contributed by atoms with Crippen LogP contribution in [-0.2, 0) is 0 Å². The van der Waals surface area contributed by atoms with Crippen LogP contribution in [0.2, 0.25) is 0 Å². The van der Waals surface area contributed by atoms with Gasteiger partial charge in [-0.05, 0) is 0 Å². The predicted molar refractivity (Wildman–Crippen MR) is 66.4 cm³/mol. The maximum absolute atomic E-state index is 13.2. The number of hydrogen-bond donors (Lipinski definition) is 2. The maximum Gasteiger partial charge on any atom is 0.455 e. The van der Waals surface area contributed by atoms with Gasteiger partial charge < -0.3 is 20.3 Å². The average molecular weight is 338 g/mol. The first-order chi connectivity index (χ1) is 9.06. The Labute approximate surface area is 123 Å². The van der Waals surface area contributed by atoms with Crippen LogP contribution in [0.15, 0.2) is 12.1 Å². The van der Waals surface area contributed by atoms with Crippen molar-refractivity contribution in [2.45, 2.75) is 18.1 Å². The number of alkyl halides is 5. The SMILES string of the molecule is COc1cc(O)c([C@H](N)C(F)(F)C(F)(F)F)c(OC)c1.Cl. The van der Waals surface area contributed by atoms with Crippen molar-refractivity contribution >= 4 is 12.4 Å². The van der Waals surface area contributed by atoms with Crippen LogP contribution < -0.4 is 15.2 Å². The van der Waals surface area contributed by atoms with E-state index in [2.05, 4.69) is 4.74 Å². The van der Waals surface area contributed by atoms with E-state index in [0.717, 1.165) is 19.2 Å². The molecule has 0 bridgehead atoms. The number of phenols is 1. The fourth-order valence-electron chi connectivity index (χ4n) is 1.54. The standard InChI is InChI=1S/C11H12F5NO3.ClH/c1-19-5-3-6(18)8(7(4-5)20-2)9(17)10(12,13)11(14,15)16;/h3-4,9,18H,17H2,1-2H3;1H/t9-;/m0./s1. The molecule has 0 unspecified atom stereocenters. The summed E-state index contributed by atoms with van der Waals surface area (Å²) in [6.45, 7) is 0. The molecule has 1 rings (SSSR count). The zero-order chi connectivity index (χ0) is 15.7. The first-order valence-electron chi connectivity index (χ1n) is 5.21. The second kappa shape index (κ2) is 6.52. The van der Waals surface area contributed by atoms with Gasteiger partial charge in [0, 0.05) is 12.1 Å². The minimum absolute atomic E-state index is 0. The number of methoxy groups -OCH3 is 2. The van der Waals surface area contributed by atoms with Crippen molar-refractivity contribution in [2.75, 3.05) is 14.2 Å². The lowest BCUT2D eigenvalue weighted by Crippen LogP contribution is -2.46. The van der Waals surface area contributed by atoms with Gasteiger partial charge in [-0.25, -0.2) is 0 Å². The molecule has 21 heavy (non-hydrogen) atoms. The van der Waals surface area contributed by atoms with E-state index in [0.29, 0.717) is 0 Å². The van der Waals surface area contributed by atoms with Gasteiger partial charge >= 0.3 is 12.1 Å². The highest BCUT2D eigenvalue weighted by atomic mass is 35.5. The number of ether oxygens (including phenoxy) is 2. The van der Waals surface area contributed by atoms with E-state index in [9.17, 15) is 27.1 Å². The molecule has 0 fully saturated rings. The Balaban J connectivity index is 0.00000400. The molecule has 0 spiro atoms. The minimum Gasteiger partial charge on any atom is -0.507 e. The van der Waals surface area contributed by atoms with Gasteiger partial charge in [0.25, 0.3) is 0 Å². The molecule has 0 aliphatic heterocycles. The van der Waals surface area contributed by atoms with Gasteiger partial charge in [0.2, 0.25) is 0 Å². The van der Waals surface area contributed by atoms with Crippen molar-refractivity contribution < 1.29 is 36.5 Å². The van der Waals surface area contributed by atoms with Crippen molar-refractivity contribution in [1.82, 2.24) is 0 Å².